The van der Waals surface area contributed by atoms with E-state index in [4.69, 9.17) is 0 Å². The van der Waals surface area contributed by atoms with Crippen molar-refractivity contribution in [3.05, 3.63) is 330 Å². The van der Waals surface area contributed by atoms with Crippen LogP contribution in [0.2, 0.25) is 0 Å². The molecule has 2 heteroatoms. The van der Waals surface area contributed by atoms with E-state index in [-0.39, 0.29) is 11.3 Å². The highest BCUT2D eigenvalue weighted by Gasteiger charge is 2.60. The van der Waals surface area contributed by atoms with Crippen molar-refractivity contribution in [2.75, 3.05) is 4.90 Å². The summed E-state index contributed by atoms with van der Waals surface area (Å²) < 4.78 is 2.43. The number of nitrogens with zero attached hydrogens (tertiary/aromatic N) is 2. The first kappa shape index (κ1) is 42.4. The van der Waals surface area contributed by atoms with Gasteiger partial charge in [-0.1, -0.05) is 224 Å². The third-order valence-corrected chi connectivity index (χ3v) is 16.7. The molecule has 74 heavy (non-hydrogen) atoms. The quantitative estimate of drug-likeness (QED) is 0.147. The van der Waals surface area contributed by atoms with Crippen LogP contribution in [-0.2, 0) is 10.8 Å². The minimum absolute atomic E-state index is 0.256. The lowest BCUT2D eigenvalue weighted by atomic mass is 9.50. The first-order valence-electron chi connectivity index (χ1n) is 26.0. The molecule has 348 valence electrons. The molecule has 0 spiro atoms. The highest BCUT2D eigenvalue weighted by molar-refractivity contribution is 6.21. The molecule has 0 amide bonds. The van der Waals surface area contributed by atoms with Crippen LogP contribution in [-0.4, -0.2) is 4.57 Å². The molecule has 0 saturated heterocycles. The van der Waals surface area contributed by atoms with Gasteiger partial charge in [0, 0.05) is 39.4 Å². The van der Waals surface area contributed by atoms with Crippen LogP contribution in [0.3, 0.4) is 0 Å². The Morgan fingerprint density at radius 1 is 0.419 bits per heavy atom. The lowest BCUT2D eigenvalue weighted by Crippen LogP contribution is -2.46. The van der Waals surface area contributed by atoms with E-state index in [2.05, 4.69) is 295 Å². The van der Waals surface area contributed by atoms with Crippen LogP contribution in [0, 0.1) is 5.92 Å². The minimum atomic E-state index is -0.660. The van der Waals surface area contributed by atoms with E-state index >= 15 is 0 Å². The Morgan fingerprint density at radius 3 is 1.81 bits per heavy atom. The molecule has 1 aromatic heterocycles. The van der Waals surface area contributed by atoms with Crippen LogP contribution in [0.1, 0.15) is 50.9 Å². The molecule has 0 saturated carbocycles. The number of hydrogen-bond donors (Lipinski definition) is 0. The maximum Gasteiger partial charge on any atom is 0.0708 e. The van der Waals surface area contributed by atoms with E-state index in [9.17, 15) is 0 Å². The van der Waals surface area contributed by atoms with Crippen molar-refractivity contribution >= 4 is 55.2 Å². The average Bonchev–Trinajstić information content (AvgIpc) is 3.99. The number of hydrogen-bond acceptors (Lipinski definition) is 1. The third-order valence-electron chi connectivity index (χ3n) is 16.7. The van der Waals surface area contributed by atoms with Gasteiger partial charge in [-0.25, -0.2) is 0 Å². The molecule has 3 atom stereocenters. The maximum atomic E-state index is 2.48. The van der Waals surface area contributed by atoms with Crippen molar-refractivity contribution in [2.24, 2.45) is 5.92 Å². The highest BCUT2D eigenvalue weighted by Crippen LogP contribution is 2.67. The SMILES string of the molecule is C1=CCC2C(=C1)c1cccc3c1C2(c1ccccc1)c1ccccc1C3(c1ccccc1)c1cccc(N(c2ccc(-c3ccccc3)cc2)c2ccc(-n3c4ccccc4c4c5ccccc5ccc43)cc2)c1. The summed E-state index contributed by atoms with van der Waals surface area (Å²) in [7, 11) is 0. The van der Waals surface area contributed by atoms with E-state index in [0.717, 1.165) is 29.2 Å². The Morgan fingerprint density at radius 2 is 1.03 bits per heavy atom. The van der Waals surface area contributed by atoms with Gasteiger partial charge >= 0.3 is 0 Å². The van der Waals surface area contributed by atoms with Gasteiger partial charge in [0.25, 0.3) is 0 Å². The zero-order valence-corrected chi connectivity index (χ0v) is 40.8. The number of fused-ring (bicyclic) bond motifs is 10. The van der Waals surface area contributed by atoms with Crippen LogP contribution in [0.15, 0.2) is 285 Å². The molecular formula is C72H50N2. The summed E-state index contributed by atoms with van der Waals surface area (Å²) in [5, 5.41) is 5.07. The Kier molecular flexibility index (Phi) is 9.56. The van der Waals surface area contributed by atoms with Gasteiger partial charge < -0.3 is 9.47 Å². The largest absolute Gasteiger partial charge is 0.310 e. The van der Waals surface area contributed by atoms with E-state index in [1.165, 1.54) is 93.8 Å². The molecule has 3 aliphatic rings. The van der Waals surface area contributed by atoms with E-state index in [1.54, 1.807) is 0 Å². The van der Waals surface area contributed by atoms with E-state index < -0.39 is 5.41 Å². The third kappa shape index (κ3) is 6.00. The van der Waals surface area contributed by atoms with Gasteiger partial charge in [-0.05, 0) is 139 Å². The van der Waals surface area contributed by atoms with Crippen molar-refractivity contribution in [3.63, 3.8) is 0 Å². The normalized spacial score (nSPS) is 18.2. The predicted octanol–water partition coefficient (Wildman–Crippen LogP) is 18.1. The van der Waals surface area contributed by atoms with Crippen LogP contribution < -0.4 is 4.90 Å². The lowest BCUT2D eigenvalue weighted by molar-refractivity contribution is 0.454. The molecule has 1 heterocycles. The smallest absolute Gasteiger partial charge is 0.0708 e. The summed E-state index contributed by atoms with van der Waals surface area (Å²) in [4.78, 5) is 2.45. The number of anilines is 3. The van der Waals surface area contributed by atoms with Gasteiger partial charge in [-0.15, -0.1) is 0 Å². The molecule has 15 rings (SSSR count). The van der Waals surface area contributed by atoms with E-state index in [1.807, 2.05) is 0 Å². The summed E-state index contributed by atoms with van der Waals surface area (Å²) in [6, 6.07) is 99.9. The molecule has 11 aromatic carbocycles. The zero-order valence-electron chi connectivity index (χ0n) is 40.8. The summed E-state index contributed by atoms with van der Waals surface area (Å²) in [6.45, 7) is 0. The maximum absolute atomic E-state index is 2.48. The summed E-state index contributed by atoms with van der Waals surface area (Å²) in [6.07, 6.45) is 8.03. The molecule has 3 unspecified atom stereocenters. The zero-order chi connectivity index (χ0) is 48.8. The predicted molar refractivity (Wildman–Crippen MR) is 308 cm³/mol. The number of aromatic nitrogens is 1. The standard InChI is InChI=1S/C72H50N2/c1-4-20-49(21-5-1)50-38-41-55(42-39-50)73(56-43-45-57(46-44-56)74-67-37-17-13-31-62(67)69-59-29-11-10-22-51(59)40-47-68(69)74)58-28-18-27-54(48-58)71(52-23-6-2-7-24-52)64-34-15-16-35-65(64)72(53-25-8-3-9-26-53)63-33-14-12-30-60(63)61-32-19-36-66(71)70(61)72/h1-32,34-48,63H,33H2. The molecule has 3 aliphatic carbocycles. The second kappa shape index (κ2) is 16.7. The summed E-state index contributed by atoms with van der Waals surface area (Å²) >= 11 is 0. The Bertz CT molecular complexity index is 4200. The van der Waals surface area contributed by atoms with Crippen LogP contribution >= 0.6 is 0 Å². The topological polar surface area (TPSA) is 8.17 Å². The first-order chi connectivity index (χ1) is 36.7. The van der Waals surface area contributed by atoms with Gasteiger partial charge in [0.05, 0.1) is 21.9 Å². The molecule has 0 radical (unpaired) electrons. The van der Waals surface area contributed by atoms with E-state index in [0.29, 0.717) is 0 Å². The second-order valence-electron chi connectivity index (χ2n) is 20.3. The average molecular weight is 943 g/mol. The minimum Gasteiger partial charge on any atom is -0.310 e. The van der Waals surface area contributed by atoms with Crippen molar-refractivity contribution in [3.8, 4) is 16.8 Å². The molecular weight excluding hydrogens is 893 g/mol. The summed E-state index contributed by atoms with van der Waals surface area (Å²) in [5.41, 5.74) is 20.2. The van der Waals surface area contributed by atoms with Gasteiger partial charge in [0.15, 0.2) is 0 Å². The second-order valence-corrected chi connectivity index (χ2v) is 20.3. The molecule has 2 nitrogen and oxygen atoms in total. The summed E-state index contributed by atoms with van der Waals surface area (Å²) in [5.74, 6) is 0.256. The molecule has 0 N–H and O–H groups in total. The fourth-order valence-corrected chi connectivity index (χ4v) is 13.8. The van der Waals surface area contributed by atoms with Crippen molar-refractivity contribution in [2.45, 2.75) is 17.3 Å². The number of rotatable bonds is 8. The Labute approximate surface area is 432 Å². The number of allylic oxidation sites excluding steroid dienone is 4. The Balaban J connectivity index is 0.957. The van der Waals surface area contributed by atoms with Gasteiger partial charge in [0.2, 0.25) is 0 Å². The fourth-order valence-electron chi connectivity index (χ4n) is 13.8. The van der Waals surface area contributed by atoms with Crippen LogP contribution in [0.5, 0.6) is 0 Å². The Hall–Kier alpha value is -9.24. The van der Waals surface area contributed by atoms with Crippen molar-refractivity contribution in [1.82, 2.24) is 4.57 Å². The van der Waals surface area contributed by atoms with Crippen LogP contribution in [0.25, 0.3) is 55.0 Å². The van der Waals surface area contributed by atoms with Gasteiger partial charge in [-0.2, -0.15) is 0 Å². The van der Waals surface area contributed by atoms with Crippen molar-refractivity contribution < 1.29 is 0 Å². The lowest BCUT2D eigenvalue weighted by Gasteiger charge is -2.51. The fraction of sp³-hybridized carbons (Fsp3) is 0.0556. The van der Waals surface area contributed by atoms with Gasteiger partial charge in [-0.3, -0.25) is 0 Å². The van der Waals surface area contributed by atoms with Crippen LogP contribution in [0.4, 0.5) is 17.1 Å². The number of para-hydroxylation sites is 1. The first-order valence-corrected chi connectivity index (χ1v) is 26.0. The molecule has 0 bridgehead atoms. The highest BCUT2D eigenvalue weighted by atomic mass is 15.1. The van der Waals surface area contributed by atoms with Gasteiger partial charge in [0.1, 0.15) is 0 Å². The molecule has 12 aromatic rings. The monoisotopic (exact) mass is 942 g/mol. The van der Waals surface area contributed by atoms with Crippen molar-refractivity contribution in [1.29, 1.82) is 0 Å². The molecule has 0 aliphatic heterocycles. The molecule has 0 fully saturated rings. The number of benzene rings is 11.